The van der Waals surface area contributed by atoms with Crippen molar-refractivity contribution in [3.05, 3.63) is 70.0 Å². The third-order valence-electron chi connectivity index (χ3n) is 4.56. The molecule has 158 valence electrons. The highest BCUT2D eigenvalue weighted by atomic mass is 35.5. The molecule has 5 nitrogen and oxygen atoms in total. The highest BCUT2D eigenvalue weighted by Gasteiger charge is 2.21. The minimum absolute atomic E-state index is 0.141. The van der Waals surface area contributed by atoms with Gasteiger partial charge in [-0.1, -0.05) is 43.6 Å². The van der Waals surface area contributed by atoms with Crippen LogP contribution in [0.2, 0.25) is 5.02 Å². The number of rotatable bonds is 7. The maximum Gasteiger partial charge on any atom is 0.191 e. The number of guanidine groups is 1. The molecule has 0 spiro atoms. The first-order chi connectivity index (χ1) is 13.5. The van der Waals surface area contributed by atoms with Crippen molar-refractivity contribution in [3.8, 4) is 0 Å². The molecule has 2 aromatic rings. The Bertz CT molecular complexity index is 991. The van der Waals surface area contributed by atoms with Crippen LogP contribution in [0.4, 0.5) is 4.39 Å². The summed E-state index contributed by atoms with van der Waals surface area (Å²) in [7, 11) is -1.58. The van der Waals surface area contributed by atoms with Crippen molar-refractivity contribution in [2.45, 2.75) is 31.6 Å². The van der Waals surface area contributed by atoms with Crippen LogP contribution < -0.4 is 10.6 Å². The lowest BCUT2D eigenvalue weighted by Gasteiger charge is -2.27. The Morgan fingerprint density at radius 1 is 1.14 bits per heavy atom. The highest BCUT2D eigenvalue weighted by Crippen LogP contribution is 2.24. The van der Waals surface area contributed by atoms with Crippen LogP contribution in [0.5, 0.6) is 0 Å². The summed E-state index contributed by atoms with van der Waals surface area (Å²) in [6, 6.07) is 11.8. The number of nitrogens with one attached hydrogen (secondary N) is 2. The first kappa shape index (κ1) is 23.2. The monoisotopic (exact) mass is 439 g/mol. The number of sulfone groups is 1. The summed E-state index contributed by atoms with van der Waals surface area (Å²) in [4.78, 5) is 4.20. The molecule has 0 aliphatic rings. The number of hydrogen-bond donors (Lipinski definition) is 2. The summed E-state index contributed by atoms with van der Waals surface area (Å²) in [5.41, 5.74) is 2.03. The largest absolute Gasteiger partial charge is 0.356 e. The number of nitrogens with zero attached hydrogens (tertiary/aromatic N) is 1. The molecule has 0 bridgehead atoms. The van der Waals surface area contributed by atoms with Crippen LogP contribution in [0.3, 0.4) is 0 Å². The van der Waals surface area contributed by atoms with E-state index in [1.807, 2.05) is 24.3 Å². The van der Waals surface area contributed by atoms with Crippen LogP contribution in [0.15, 0.2) is 47.5 Å². The van der Waals surface area contributed by atoms with E-state index < -0.39 is 15.7 Å². The van der Waals surface area contributed by atoms with Crippen LogP contribution in [0.1, 0.15) is 30.5 Å². The van der Waals surface area contributed by atoms with Gasteiger partial charge in [0.15, 0.2) is 15.8 Å². The standard InChI is InChI=1S/C21H27ClFN3O2S/c1-21(2,17-6-5-7-18(22)11-17)14-26-20(24-3)25-12-16-10-19(23)9-8-15(16)13-29(4,27)28/h5-11H,12-14H2,1-4H3,(H2,24,25,26). The smallest absolute Gasteiger partial charge is 0.191 e. The van der Waals surface area contributed by atoms with Gasteiger partial charge in [0.05, 0.1) is 5.75 Å². The van der Waals surface area contributed by atoms with Gasteiger partial charge in [0, 0.05) is 36.8 Å². The summed E-state index contributed by atoms with van der Waals surface area (Å²) in [5, 5.41) is 7.07. The van der Waals surface area contributed by atoms with E-state index in [0.29, 0.717) is 28.7 Å². The van der Waals surface area contributed by atoms with E-state index in [1.54, 1.807) is 7.05 Å². The van der Waals surface area contributed by atoms with Crippen molar-refractivity contribution in [1.82, 2.24) is 10.6 Å². The van der Waals surface area contributed by atoms with Crippen LogP contribution in [-0.2, 0) is 27.5 Å². The predicted molar refractivity (Wildman–Crippen MR) is 118 cm³/mol. The third-order valence-corrected chi connectivity index (χ3v) is 5.63. The van der Waals surface area contributed by atoms with Crippen molar-refractivity contribution < 1.29 is 12.8 Å². The van der Waals surface area contributed by atoms with Crippen molar-refractivity contribution in [1.29, 1.82) is 0 Å². The van der Waals surface area contributed by atoms with Crippen molar-refractivity contribution >= 4 is 27.4 Å². The number of hydrogen-bond acceptors (Lipinski definition) is 3. The van der Waals surface area contributed by atoms with Crippen molar-refractivity contribution in [2.24, 2.45) is 4.99 Å². The second-order valence-corrected chi connectivity index (χ2v) is 10.2. The highest BCUT2D eigenvalue weighted by molar-refractivity contribution is 7.89. The molecule has 8 heteroatoms. The van der Waals surface area contributed by atoms with Gasteiger partial charge in [-0.25, -0.2) is 12.8 Å². The summed E-state index contributed by atoms with van der Waals surface area (Å²) < 4.78 is 37.0. The third kappa shape index (κ3) is 7.33. The average Bonchev–Trinajstić information content (AvgIpc) is 2.63. The first-order valence-corrected chi connectivity index (χ1v) is 11.6. The molecule has 0 aliphatic heterocycles. The summed E-state index contributed by atoms with van der Waals surface area (Å²) in [6.07, 6.45) is 1.16. The molecule has 0 radical (unpaired) electrons. The van der Waals surface area contributed by atoms with E-state index in [-0.39, 0.29) is 17.7 Å². The van der Waals surface area contributed by atoms with Crippen LogP contribution in [0, 0.1) is 5.82 Å². The number of aliphatic imine (C=N–C) groups is 1. The maximum atomic E-state index is 13.7. The van der Waals surface area contributed by atoms with Gasteiger partial charge < -0.3 is 10.6 Å². The Kier molecular flexibility index (Phi) is 7.66. The quantitative estimate of drug-likeness (QED) is 0.510. The molecule has 0 amide bonds. The van der Waals surface area contributed by atoms with Gasteiger partial charge in [0.25, 0.3) is 0 Å². The van der Waals surface area contributed by atoms with Gasteiger partial charge in [0.1, 0.15) is 5.82 Å². The number of halogens is 2. The summed E-state index contributed by atoms with van der Waals surface area (Å²) in [6.45, 7) is 5.03. The van der Waals surface area contributed by atoms with E-state index in [0.717, 1.165) is 11.8 Å². The van der Waals surface area contributed by atoms with Crippen LogP contribution in [0.25, 0.3) is 0 Å². The predicted octanol–water partition coefficient (Wildman–Crippen LogP) is 3.67. The minimum Gasteiger partial charge on any atom is -0.356 e. The molecule has 2 aromatic carbocycles. The second-order valence-electron chi connectivity index (χ2n) is 7.66. The normalized spacial score (nSPS) is 12.7. The molecule has 29 heavy (non-hydrogen) atoms. The average molecular weight is 440 g/mol. The lowest BCUT2D eigenvalue weighted by atomic mass is 9.84. The first-order valence-electron chi connectivity index (χ1n) is 9.16. The molecule has 2 N–H and O–H groups in total. The van der Waals surface area contributed by atoms with Gasteiger partial charge in [-0.3, -0.25) is 4.99 Å². The Morgan fingerprint density at radius 2 is 1.86 bits per heavy atom. The molecule has 0 saturated heterocycles. The van der Waals surface area contributed by atoms with Gasteiger partial charge in [-0.05, 0) is 41.0 Å². The molecule has 0 fully saturated rings. The SMILES string of the molecule is CN=C(NCc1cc(F)ccc1CS(C)(=O)=O)NCC(C)(C)c1cccc(Cl)c1. The molecule has 0 saturated carbocycles. The fourth-order valence-electron chi connectivity index (χ4n) is 2.90. The van der Waals surface area contributed by atoms with Crippen LogP contribution in [-0.4, -0.2) is 34.2 Å². The Labute approximate surface area is 177 Å². The molecule has 2 rings (SSSR count). The zero-order valence-electron chi connectivity index (χ0n) is 17.1. The van der Waals surface area contributed by atoms with Crippen molar-refractivity contribution in [3.63, 3.8) is 0 Å². The van der Waals surface area contributed by atoms with Gasteiger partial charge in [0.2, 0.25) is 0 Å². The van der Waals surface area contributed by atoms with E-state index in [1.165, 1.54) is 18.2 Å². The molecular formula is C21H27ClFN3O2S. The Hall–Kier alpha value is -2.12. The van der Waals surface area contributed by atoms with Gasteiger partial charge >= 0.3 is 0 Å². The Balaban J connectivity index is 2.05. The Morgan fingerprint density at radius 3 is 2.48 bits per heavy atom. The van der Waals surface area contributed by atoms with Gasteiger partial charge in [-0.15, -0.1) is 0 Å². The lowest BCUT2D eigenvalue weighted by Crippen LogP contribution is -2.43. The number of benzene rings is 2. The van der Waals surface area contributed by atoms with E-state index in [2.05, 4.69) is 29.5 Å². The molecule has 0 unspecified atom stereocenters. The maximum absolute atomic E-state index is 13.7. The fraction of sp³-hybridized carbons (Fsp3) is 0.381. The van der Waals surface area contributed by atoms with Crippen LogP contribution >= 0.6 is 11.6 Å². The lowest BCUT2D eigenvalue weighted by molar-refractivity contribution is 0.508. The minimum atomic E-state index is -3.23. The zero-order valence-corrected chi connectivity index (χ0v) is 18.7. The van der Waals surface area contributed by atoms with E-state index in [9.17, 15) is 12.8 Å². The van der Waals surface area contributed by atoms with E-state index in [4.69, 9.17) is 11.6 Å². The molecular weight excluding hydrogens is 413 g/mol. The summed E-state index contributed by atoms with van der Waals surface area (Å²) >= 11 is 6.10. The summed E-state index contributed by atoms with van der Waals surface area (Å²) in [5.74, 6) is -0.0169. The second kappa shape index (κ2) is 9.59. The molecule has 0 atom stereocenters. The van der Waals surface area contributed by atoms with E-state index >= 15 is 0 Å². The topological polar surface area (TPSA) is 70.6 Å². The van der Waals surface area contributed by atoms with Gasteiger partial charge in [-0.2, -0.15) is 0 Å². The molecule has 0 heterocycles. The van der Waals surface area contributed by atoms with Crippen molar-refractivity contribution in [2.75, 3.05) is 19.8 Å². The fourth-order valence-corrected chi connectivity index (χ4v) is 3.93. The molecule has 0 aliphatic carbocycles. The zero-order chi connectivity index (χ0) is 21.7. The molecule has 0 aromatic heterocycles.